The van der Waals surface area contributed by atoms with Crippen molar-refractivity contribution in [2.24, 2.45) is 4.99 Å². The largest absolute Gasteiger partial charge is 0.376 e. The number of hydrogen-bond acceptors (Lipinski definition) is 6. The van der Waals surface area contributed by atoms with Gasteiger partial charge in [-0.1, -0.05) is 6.07 Å². The van der Waals surface area contributed by atoms with E-state index in [0.717, 1.165) is 45.2 Å². The van der Waals surface area contributed by atoms with Gasteiger partial charge in [-0.2, -0.15) is 0 Å². The third kappa shape index (κ3) is 5.53. The number of nitrogens with zero attached hydrogens (tertiary/aromatic N) is 4. The van der Waals surface area contributed by atoms with Gasteiger partial charge < -0.3 is 20.3 Å². The minimum Gasteiger partial charge on any atom is -0.376 e. The van der Waals surface area contributed by atoms with Crippen LogP contribution in [0.3, 0.4) is 0 Å². The van der Waals surface area contributed by atoms with E-state index in [1.54, 1.807) is 30.6 Å². The molecule has 3 atom stereocenters. The van der Waals surface area contributed by atoms with Crippen molar-refractivity contribution in [3.63, 3.8) is 0 Å². The van der Waals surface area contributed by atoms with Crippen LogP contribution in [-0.2, 0) is 4.74 Å². The monoisotopic (exact) mass is 446 g/mol. The smallest absolute Gasteiger partial charge is 0.191 e. The summed E-state index contributed by atoms with van der Waals surface area (Å²) < 4.78 is 19.8. The Morgan fingerprint density at radius 2 is 2.26 bits per heavy atom. The number of hydrogen-bond donors (Lipinski definition) is 2. The average molecular weight is 447 g/mol. The molecule has 3 unspecified atom stereocenters. The van der Waals surface area contributed by atoms with Gasteiger partial charge in [-0.3, -0.25) is 9.89 Å². The molecule has 4 rings (SSSR count). The zero-order valence-corrected chi connectivity index (χ0v) is 18.9. The number of nitrogens with one attached hydrogen (secondary N) is 2. The van der Waals surface area contributed by atoms with Crippen molar-refractivity contribution < 1.29 is 9.13 Å². The van der Waals surface area contributed by atoms with Crippen molar-refractivity contribution in [2.45, 2.75) is 31.5 Å². The fraction of sp³-hybridized carbons (Fsp3) is 0.545. The highest BCUT2D eigenvalue weighted by molar-refractivity contribution is 7.10. The van der Waals surface area contributed by atoms with E-state index in [-0.39, 0.29) is 24.0 Å². The molecular weight excluding hydrogens is 415 g/mol. The molecule has 0 amide bonds. The lowest BCUT2D eigenvalue weighted by molar-refractivity contribution is -0.0334. The SMILES string of the molecule is CN=C(NCC(c1cccs1)N1CCOC(C)C1)NC1CCN(c2ncccc2F)C1. The van der Waals surface area contributed by atoms with Crippen molar-refractivity contribution in [3.8, 4) is 0 Å². The van der Waals surface area contributed by atoms with Crippen LogP contribution in [-0.4, -0.2) is 74.4 Å². The quantitative estimate of drug-likeness (QED) is 0.525. The van der Waals surface area contributed by atoms with Crippen molar-refractivity contribution in [1.82, 2.24) is 20.5 Å². The third-order valence-electron chi connectivity index (χ3n) is 5.84. The van der Waals surface area contributed by atoms with E-state index in [1.807, 2.05) is 4.90 Å². The highest BCUT2D eigenvalue weighted by Gasteiger charge is 2.28. The fourth-order valence-corrected chi connectivity index (χ4v) is 5.14. The zero-order chi connectivity index (χ0) is 21.6. The molecule has 0 spiro atoms. The number of halogens is 1. The molecule has 2 aromatic heterocycles. The molecule has 0 bridgehead atoms. The molecule has 2 aromatic rings. The van der Waals surface area contributed by atoms with Crippen LogP contribution >= 0.6 is 11.3 Å². The van der Waals surface area contributed by atoms with E-state index in [0.29, 0.717) is 12.4 Å². The molecule has 7 nitrogen and oxygen atoms in total. The number of thiophene rings is 1. The Morgan fingerprint density at radius 3 is 3.00 bits per heavy atom. The highest BCUT2D eigenvalue weighted by Crippen LogP contribution is 2.26. The van der Waals surface area contributed by atoms with Crippen LogP contribution < -0.4 is 15.5 Å². The minimum atomic E-state index is -0.274. The maximum atomic E-state index is 14.1. The van der Waals surface area contributed by atoms with E-state index in [2.05, 4.69) is 49.9 Å². The molecule has 4 heterocycles. The van der Waals surface area contributed by atoms with Gasteiger partial charge in [0.1, 0.15) is 0 Å². The summed E-state index contributed by atoms with van der Waals surface area (Å²) >= 11 is 1.79. The molecule has 2 N–H and O–H groups in total. The van der Waals surface area contributed by atoms with Gasteiger partial charge in [-0.25, -0.2) is 9.37 Å². The Morgan fingerprint density at radius 1 is 1.35 bits per heavy atom. The molecule has 168 valence electrons. The van der Waals surface area contributed by atoms with Gasteiger partial charge in [0, 0.05) is 56.9 Å². The van der Waals surface area contributed by atoms with Crippen LogP contribution in [0.4, 0.5) is 10.2 Å². The third-order valence-corrected chi connectivity index (χ3v) is 6.81. The summed E-state index contributed by atoms with van der Waals surface area (Å²) in [7, 11) is 1.79. The predicted octanol–water partition coefficient (Wildman–Crippen LogP) is 2.49. The summed E-state index contributed by atoms with van der Waals surface area (Å²) in [5.41, 5.74) is 0. The van der Waals surface area contributed by atoms with Crippen LogP contribution in [0, 0.1) is 5.82 Å². The lowest BCUT2D eigenvalue weighted by atomic mass is 10.1. The molecule has 9 heteroatoms. The summed E-state index contributed by atoms with van der Waals surface area (Å²) in [6.07, 6.45) is 2.79. The van der Waals surface area contributed by atoms with Gasteiger partial charge >= 0.3 is 0 Å². The standard InChI is InChI=1S/C22H31FN6OS/c1-16-14-28(10-11-30-16)19(20-6-4-12-31-20)13-26-22(24-2)27-17-7-9-29(15-17)21-18(23)5-3-8-25-21/h3-6,8,12,16-17,19H,7,9-11,13-15H2,1-2H3,(H2,24,26,27). The second-order valence-electron chi connectivity index (χ2n) is 8.05. The second-order valence-corrected chi connectivity index (χ2v) is 9.02. The first-order valence-electron chi connectivity index (χ1n) is 10.9. The summed E-state index contributed by atoms with van der Waals surface area (Å²) in [6, 6.07) is 7.84. The number of aliphatic imine (C=N–C) groups is 1. The molecule has 0 saturated carbocycles. The number of guanidine groups is 1. The average Bonchev–Trinajstić information content (AvgIpc) is 3.46. The summed E-state index contributed by atoms with van der Waals surface area (Å²) in [4.78, 5) is 14.4. The van der Waals surface area contributed by atoms with Crippen molar-refractivity contribution >= 4 is 23.1 Å². The number of pyridine rings is 1. The molecule has 31 heavy (non-hydrogen) atoms. The Hall–Kier alpha value is -2.23. The molecule has 0 aliphatic carbocycles. The van der Waals surface area contributed by atoms with Crippen LogP contribution in [0.1, 0.15) is 24.3 Å². The van der Waals surface area contributed by atoms with Crippen LogP contribution in [0.25, 0.3) is 0 Å². The van der Waals surface area contributed by atoms with E-state index < -0.39 is 0 Å². The Bertz CT molecular complexity index is 863. The van der Waals surface area contributed by atoms with Crippen LogP contribution in [0.2, 0.25) is 0 Å². The topological polar surface area (TPSA) is 65.0 Å². The number of aromatic nitrogens is 1. The summed E-state index contributed by atoms with van der Waals surface area (Å²) in [5.74, 6) is 0.925. The van der Waals surface area contributed by atoms with E-state index in [9.17, 15) is 4.39 Å². The first kappa shape index (κ1) is 22.0. The van der Waals surface area contributed by atoms with Gasteiger partial charge in [-0.15, -0.1) is 11.3 Å². The zero-order valence-electron chi connectivity index (χ0n) is 18.1. The van der Waals surface area contributed by atoms with Gasteiger partial charge in [0.15, 0.2) is 17.6 Å². The number of morpholine rings is 1. The number of anilines is 1. The minimum absolute atomic E-state index is 0.191. The predicted molar refractivity (Wildman–Crippen MR) is 123 cm³/mol. The molecule has 0 aromatic carbocycles. The van der Waals surface area contributed by atoms with Gasteiger partial charge in [-0.05, 0) is 36.9 Å². The van der Waals surface area contributed by atoms with Crippen LogP contribution in [0.5, 0.6) is 0 Å². The van der Waals surface area contributed by atoms with Gasteiger partial charge in [0.2, 0.25) is 0 Å². The van der Waals surface area contributed by atoms with E-state index in [1.165, 1.54) is 10.9 Å². The normalized spacial score (nSPS) is 23.7. The van der Waals surface area contributed by atoms with Gasteiger partial charge in [0.25, 0.3) is 0 Å². The van der Waals surface area contributed by atoms with Crippen LogP contribution in [0.15, 0.2) is 40.8 Å². The Labute approximate surface area is 187 Å². The van der Waals surface area contributed by atoms with E-state index >= 15 is 0 Å². The fourth-order valence-electron chi connectivity index (χ4n) is 4.28. The molecule has 2 aliphatic rings. The van der Waals surface area contributed by atoms with Crippen molar-refractivity contribution in [2.75, 3.05) is 51.3 Å². The first-order chi connectivity index (χ1) is 15.1. The molecular formula is C22H31FN6OS. The highest BCUT2D eigenvalue weighted by atomic mass is 32.1. The number of ether oxygens (including phenoxy) is 1. The lowest BCUT2D eigenvalue weighted by Gasteiger charge is -2.37. The number of rotatable bonds is 6. The summed E-state index contributed by atoms with van der Waals surface area (Å²) in [5, 5.41) is 9.15. The molecule has 2 aliphatic heterocycles. The van der Waals surface area contributed by atoms with E-state index in [4.69, 9.17) is 4.74 Å². The molecule has 2 saturated heterocycles. The summed E-state index contributed by atoms with van der Waals surface area (Å²) in [6.45, 7) is 6.96. The maximum Gasteiger partial charge on any atom is 0.191 e. The van der Waals surface area contributed by atoms with Gasteiger partial charge in [0.05, 0.1) is 18.8 Å². The Balaban J connectivity index is 1.34. The van der Waals surface area contributed by atoms with Crippen molar-refractivity contribution in [3.05, 3.63) is 46.5 Å². The maximum absolute atomic E-state index is 14.1. The molecule has 0 radical (unpaired) electrons. The second kappa shape index (κ2) is 10.4. The first-order valence-corrected chi connectivity index (χ1v) is 11.7. The van der Waals surface area contributed by atoms with Crippen molar-refractivity contribution in [1.29, 1.82) is 0 Å². The lowest BCUT2D eigenvalue weighted by Crippen LogP contribution is -2.49. The Kier molecular flexibility index (Phi) is 7.37. The molecule has 2 fully saturated rings.